The van der Waals surface area contributed by atoms with Crippen LogP contribution in [0.4, 0.5) is 0 Å². The molecule has 1 aliphatic rings. The Labute approximate surface area is 72.8 Å². The van der Waals surface area contributed by atoms with Crippen molar-refractivity contribution in [3.8, 4) is 0 Å². The van der Waals surface area contributed by atoms with Crippen LogP contribution in [0.2, 0.25) is 0 Å². The van der Waals surface area contributed by atoms with E-state index in [-0.39, 0.29) is 0 Å². The monoisotopic (exact) mass is 165 g/mol. The fraction of sp³-hybridized carbons (Fsp3) is 0.667. The molecule has 0 bridgehead atoms. The van der Waals surface area contributed by atoms with Gasteiger partial charge in [0, 0.05) is 30.9 Å². The van der Waals surface area contributed by atoms with Crippen molar-refractivity contribution in [1.29, 1.82) is 0 Å². The van der Waals surface area contributed by atoms with Crippen LogP contribution >= 0.6 is 0 Å². The van der Waals surface area contributed by atoms with Crippen LogP contribution in [0.15, 0.2) is 12.3 Å². The summed E-state index contributed by atoms with van der Waals surface area (Å²) in [6.45, 7) is 0. The van der Waals surface area contributed by atoms with Gasteiger partial charge in [0.15, 0.2) is 0 Å². The van der Waals surface area contributed by atoms with Crippen LogP contribution in [0.5, 0.6) is 0 Å². The molecule has 2 rings (SSSR count). The second-order valence-corrected chi connectivity index (χ2v) is 3.65. The van der Waals surface area contributed by atoms with Crippen molar-refractivity contribution < 1.29 is 0 Å². The van der Waals surface area contributed by atoms with Crippen LogP contribution in [-0.4, -0.2) is 22.4 Å². The number of nitrogens with zero attached hydrogens (tertiary/aromatic N) is 2. The van der Waals surface area contributed by atoms with E-state index in [9.17, 15) is 0 Å². The van der Waals surface area contributed by atoms with Gasteiger partial charge in [-0.3, -0.25) is 4.68 Å². The summed E-state index contributed by atoms with van der Waals surface area (Å²) in [5, 5.41) is 7.53. The highest BCUT2D eigenvalue weighted by molar-refractivity contribution is 5.13. The minimum Gasteiger partial charge on any atom is -0.314 e. The van der Waals surface area contributed by atoms with E-state index in [2.05, 4.69) is 16.5 Å². The maximum absolute atomic E-state index is 4.15. The fourth-order valence-corrected chi connectivity index (χ4v) is 1.59. The molecule has 0 radical (unpaired) electrons. The van der Waals surface area contributed by atoms with Gasteiger partial charge in [-0.1, -0.05) is 0 Å². The van der Waals surface area contributed by atoms with Gasteiger partial charge in [-0.25, -0.2) is 0 Å². The third-order valence-electron chi connectivity index (χ3n) is 2.83. The highest BCUT2D eigenvalue weighted by Gasteiger charge is 2.41. The molecule has 0 saturated heterocycles. The Morgan fingerprint density at radius 3 is 2.83 bits per heavy atom. The average molecular weight is 165 g/mol. The first-order valence-corrected chi connectivity index (χ1v) is 4.42. The maximum Gasteiger partial charge on any atom is 0.0492 e. The number of aromatic nitrogens is 2. The summed E-state index contributed by atoms with van der Waals surface area (Å²) in [7, 11) is 4.05. The van der Waals surface area contributed by atoms with Crippen LogP contribution < -0.4 is 5.32 Å². The first kappa shape index (κ1) is 7.80. The first-order chi connectivity index (χ1) is 5.76. The largest absolute Gasteiger partial charge is 0.314 e. The van der Waals surface area contributed by atoms with Gasteiger partial charge in [0.25, 0.3) is 0 Å². The summed E-state index contributed by atoms with van der Waals surface area (Å²) >= 11 is 0. The molecule has 0 aliphatic heterocycles. The molecule has 1 saturated carbocycles. The third kappa shape index (κ3) is 1.25. The topological polar surface area (TPSA) is 29.9 Å². The minimum atomic E-state index is 0.397. The van der Waals surface area contributed by atoms with Crippen molar-refractivity contribution in [2.75, 3.05) is 7.05 Å². The zero-order valence-electron chi connectivity index (χ0n) is 7.67. The second-order valence-electron chi connectivity index (χ2n) is 3.65. The molecule has 1 aromatic rings. The second kappa shape index (κ2) is 2.59. The minimum absolute atomic E-state index is 0.397. The lowest BCUT2D eigenvalue weighted by Crippen LogP contribution is -2.30. The standard InChI is InChI=1S/C9H15N3/c1-10-9(4-5-9)7-8-3-6-11-12(8)2/h3,6,10H,4-5,7H2,1-2H3. The van der Waals surface area contributed by atoms with E-state index in [1.54, 1.807) is 0 Å². The lowest BCUT2D eigenvalue weighted by Gasteiger charge is -2.13. The number of aryl methyl sites for hydroxylation is 1. The van der Waals surface area contributed by atoms with E-state index in [1.807, 2.05) is 25.0 Å². The van der Waals surface area contributed by atoms with E-state index in [4.69, 9.17) is 0 Å². The van der Waals surface area contributed by atoms with Crippen molar-refractivity contribution in [3.05, 3.63) is 18.0 Å². The number of nitrogens with one attached hydrogen (secondary N) is 1. The zero-order chi connectivity index (χ0) is 8.60. The zero-order valence-corrected chi connectivity index (χ0v) is 7.67. The summed E-state index contributed by atoms with van der Waals surface area (Å²) in [5.74, 6) is 0. The van der Waals surface area contributed by atoms with Crippen LogP contribution in [0.25, 0.3) is 0 Å². The van der Waals surface area contributed by atoms with Gasteiger partial charge in [-0.15, -0.1) is 0 Å². The Hall–Kier alpha value is -0.830. The smallest absolute Gasteiger partial charge is 0.0492 e. The molecule has 3 nitrogen and oxygen atoms in total. The summed E-state index contributed by atoms with van der Waals surface area (Å²) in [4.78, 5) is 0. The molecule has 3 heteroatoms. The number of rotatable bonds is 3. The van der Waals surface area contributed by atoms with E-state index >= 15 is 0 Å². The van der Waals surface area contributed by atoms with Crippen molar-refractivity contribution in [1.82, 2.24) is 15.1 Å². The molecule has 0 amide bonds. The molecule has 0 unspecified atom stereocenters. The van der Waals surface area contributed by atoms with Crippen LogP contribution in [0.1, 0.15) is 18.5 Å². The molecule has 1 N–H and O–H groups in total. The molecule has 0 spiro atoms. The van der Waals surface area contributed by atoms with Crippen molar-refractivity contribution in [2.24, 2.45) is 7.05 Å². The normalized spacial score (nSPS) is 19.5. The van der Waals surface area contributed by atoms with Gasteiger partial charge in [0.2, 0.25) is 0 Å². The molecule has 12 heavy (non-hydrogen) atoms. The summed E-state index contributed by atoms with van der Waals surface area (Å²) in [6, 6.07) is 2.09. The van der Waals surface area contributed by atoms with Gasteiger partial charge in [-0.05, 0) is 26.0 Å². The van der Waals surface area contributed by atoms with Crippen LogP contribution in [0, 0.1) is 0 Å². The Balaban J connectivity index is 2.08. The van der Waals surface area contributed by atoms with Crippen LogP contribution in [-0.2, 0) is 13.5 Å². The van der Waals surface area contributed by atoms with Gasteiger partial charge >= 0.3 is 0 Å². The molecule has 1 aromatic heterocycles. The van der Waals surface area contributed by atoms with Crippen LogP contribution in [0.3, 0.4) is 0 Å². The molecule has 1 heterocycles. The van der Waals surface area contributed by atoms with E-state index in [0.717, 1.165) is 6.42 Å². The van der Waals surface area contributed by atoms with E-state index in [1.165, 1.54) is 18.5 Å². The molecular weight excluding hydrogens is 150 g/mol. The highest BCUT2D eigenvalue weighted by atomic mass is 15.3. The van der Waals surface area contributed by atoms with Crippen molar-refractivity contribution >= 4 is 0 Å². The Morgan fingerprint density at radius 1 is 1.67 bits per heavy atom. The molecule has 1 aliphatic carbocycles. The number of hydrogen-bond donors (Lipinski definition) is 1. The summed E-state index contributed by atoms with van der Waals surface area (Å²) in [5.41, 5.74) is 1.72. The highest BCUT2D eigenvalue weighted by Crippen LogP contribution is 2.37. The van der Waals surface area contributed by atoms with Gasteiger partial charge in [0.1, 0.15) is 0 Å². The molecule has 66 valence electrons. The van der Waals surface area contributed by atoms with Crippen molar-refractivity contribution in [2.45, 2.75) is 24.8 Å². The number of hydrogen-bond acceptors (Lipinski definition) is 2. The Morgan fingerprint density at radius 2 is 2.42 bits per heavy atom. The Bertz CT molecular complexity index is 273. The molecular formula is C9H15N3. The van der Waals surface area contributed by atoms with E-state index < -0.39 is 0 Å². The predicted molar refractivity (Wildman–Crippen MR) is 47.9 cm³/mol. The molecule has 0 aromatic carbocycles. The van der Waals surface area contributed by atoms with Gasteiger partial charge in [-0.2, -0.15) is 5.10 Å². The quantitative estimate of drug-likeness (QED) is 0.715. The SMILES string of the molecule is CNC1(Cc2ccnn2C)CC1. The summed E-state index contributed by atoms with van der Waals surface area (Å²) in [6.07, 6.45) is 5.57. The first-order valence-electron chi connectivity index (χ1n) is 4.42. The fourth-order valence-electron chi connectivity index (χ4n) is 1.59. The molecule has 1 fully saturated rings. The predicted octanol–water partition coefficient (Wildman–Crippen LogP) is 0.715. The maximum atomic E-state index is 4.15. The lowest BCUT2D eigenvalue weighted by molar-refractivity contribution is 0.525. The molecule has 0 atom stereocenters. The Kier molecular flexibility index (Phi) is 1.68. The summed E-state index contributed by atoms with van der Waals surface area (Å²) < 4.78 is 1.96. The van der Waals surface area contributed by atoms with E-state index in [0.29, 0.717) is 5.54 Å². The van der Waals surface area contributed by atoms with Gasteiger partial charge in [0.05, 0.1) is 0 Å². The van der Waals surface area contributed by atoms with Crippen molar-refractivity contribution in [3.63, 3.8) is 0 Å². The third-order valence-corrected chi connectivity index (χ3v) is 2.83. The number of likely N-dealkylation sites (N-methyl/N-ethyl adjacent to an activating group) is 1. The lowest BCUT2D eigenvalue weighted by atomic mass is 10.1. The average Bonchev–Trinajstić information content (AvgIpc) is 2.74. The van der Waals surface area contributed by atoms with Gasteiger partial charge < -0.3 is 5.32 Å².